The second-order valence-electron chi connectivity index (χ2n) is 8.20. The Hall–Kier alpha value is -2.92. The van der Waals surface area contributed by atoms with Crippen molar-refractivity contribution in [3.05, 3.63) is 52.5 Å². The number of aromatic nitrogens is 2. The van der Waals surface area contributed by atoms with Crippen LogP contribution in [0.5, 0.6) is 0 Å². The van der Waals surface area contributed by atoms with Crippen molar-refractivity contribution in [2.24, 2.45) is 15.7 Å². The van der Waals surface area contributed by atoms with Crippen LogP contribution in [0.4, 0.5) is 0 Å². The molecule has 2 aromatic heterocycles. The summed E-state index contributed by atoms with van der Waals surface area (Å²) in [6.45, 7) is 6.83. The summed E-state index contributed by atoms with van der Waals surface area (Å²) in [6, 6.07) is 9.77. The van der Waals surface area contributed by atoms with Gasteiger partial charge in [-0.15, -0.1) is 11.8 Å². The van der Waals surface area contributed by atoms with Crippen molar-refractivity contribution < 1.29 is 9.68 Å². The molecule has 0 bridgehead atoms. The zero-order valence-corrected chi connectivity index (χ0v) is 19.2. The van der Waals surface area contributed by atoms with E-state index in [9.17, 15) is 0 Å². The number of nitriles is 1. The first kappa shape index (κ1) is 22.8. The maximum Gasteiger partial charge on any atom is 0.125 e. The van der Waals surface area contributed by atoms with Crippen molar-refractivity contribution in [3.8, 4) is 6.07 Å². The molecule has 7 nitrogen and oxygen atoms in total. The van der Waals surface area contributed by atoms with E-state index in [4.69, 9.17) is 14.9 Å². The second kappa shape index (κ2) is 10.4. The van der Waals surface area contributed by atoms with Crippen LogP contribution < -0.4 is 0 Å². The molecule has 0 spiro atoms. The molecule has 0 saturated heterocycles. The molecule has 0 atom stereocenters. The number of hydrogen-bond donors (Lipinski definition) is 0. The first-order chi connectivity index (χ1) is 14.9. The topological polar surface area (TPSA) is 92.8 Å². The van der Waals surface area contributed by atoms with E-state index in [0.29, 0.717) is 29.5 Å². The Morgan fingerprint density at radius 1 is 1.16 bits per heavy atom. The van der Waals surface area contributed by atoms with Gasteiger partial charge < -0.3 is 9.68 Å². The molecule has 8 heteroatoms. The fourth-order valence-corrected chi connectivity index (χ4v) is 3.62. The third kappa shape index (κ3) is 6.28. The van der Waals surface area contributed by atoms with E-state index < -0.39 is 0 Å². The summed E-state index contributed by atoms with van der Waals surface area (Å²) in [7, 11) is 0. The van der Waals surface area contributed by atoms with Crippen molar-refractivity contribution in [1.82, 2.24) is 9.97 Å². The van der Waals surface area contributed by atoms with Crippen LogP contribution in [-0.2, 0) is 16.1 Å². The van der Waals surface area contributed by atoms with E-state index in [1.807, 2.05) is 33.1 Å². The molecule has 2 aromatic rings. The number of pyridine rings is 2. The molecular formula is C23H27N5O2S. The number of nitrogens with zero attached hydrogens (tertiary/aromatic N) is 5. The average Bonchev–Trinajstić information content (AvgIpc) is 2.76. The molecule has 162 valence electrons. The lowest BCUT2D eigenvalue weighted by Gasteiger charge is -2.22. The van der Waals surface area contributed by atoms with Gasteiger partial charge in [0.1, 0.15) is 30.0 Å². The third-order valence-electron chi connectivity index (χ3n) is 4.79. The molecule has 0 fully saturated rings. The number of hydrogen-bond acceptors (Lipinski definition) is 8. The summed E-state index contributed by atoms with van der Waals surface area (Å²) in [4.78, 5) is 20.2. The van der Waals surface area contributed by atoms with Gasteiger partial charge in [-0.3, -0.25) is 4.98 Å². The zero-order valence-electron chi connectivity index (χ0n) is 18.4. The molecule has 0 aromatic carbocycles. The largest absolute Gasteiger partial charge is 0.395 e. The molecule has 3 rings (SSSR count). The van der Waals surface area contributed by atoms with E-state index in [0.717, 1.165) is 36.4 Å². The Morgan fingerprint density at radius 2 is 1.97 bits per heavy atom. The average molecular weight is 438 g/mol. The maximum atomic E-state index is 9.07. The molecule has 0 radical (unpaired) electrons. The molecule has 0 amide bonds. The first-order valence-electron chi connectivity index (χ1n) is 10.2. The summed E-state index contributed by atoms with van der Waals surface area (Å²) in [6.07, 6.45) is 6.40. The van der Waals surface area contributed by atoms with Gasteiger partial charge in [-0.1, -0.05) is 30.2 Å². The molecule has 1 aliphatic carbocycles. The highest BCUT2D eigenvalue weighted by Gasteiger charge is 2.22. The molecule has 0 saturated carbocycles. The van der Waals surface area contributed by atoms with Gasteiger partial charge in [0.25, 0.3) is 0 Å². The summed E-state index contributed by atoms with van der Waals surface area (Å²) in [5.41, 5.74) is 5.01. The molecule has 0 unspecified atom stereocenters. The SMILES string of the molecule is CSc1nc(C=NOCC(C)(C)CON=C2CCCc3ccc(C)nc32)ccc1C#N. The van der Waals surface area contributed by atoms with Gasteiger partial charge in [0.05, 0.1) is 23.2 Å². The molecule has 0 N–H and O–H groups in total. The van der Waals surface area contributed by atoms with Gasteiger partial charge in [-0.05, 0) is 56.2 Å². The Morgan fingerprint density at radius 3 is 2.74 bits per heavy atom. The lowest BCUT2D eigenvalue weighted by atomic mass is 9.94. The Bertz CT molecular complexity index is 1030. The first-order valence-corrected chi connectivity index (χ1v) is 11.4. The van der Waals surface area contributed by atoms with E-state index in [2.05, 4.69) is 32.4 Å². The van der Waals surface area contributed by atoms with Gasteiger partial charge in [-0.25, -0.2) is 4.98 Å². The van der Waals surface area contributed by atoms with Gasteiger partial charge >= 0.3 is 0 Å². The van der Waals surface area contributed by atoms with E-state index >= 15 is 0 Å². The number of rotatable bonds is 8. The van der Waals surface area contributed by atoms with E-state index in [-0.39, 0.29) is 5.41 Å². The number of thioether (sulfide) groups is 1. The van der Waals surface area contributed by atoms with E-state index in [1.54, 1.807) is 18.3 Å². The Balaban J connectivity index is 1.52. The van der Waals surface area contributed by atoms with Crippen molar-refractivity contribution in [2.45, 2.75) is 45.1 Å². The Kier molecular flexibility index (Phi) is 7.64. The number of oxime groups is 2. The molecule has 0 aliphatic heterocycles. The normalized spacial score (nSPS) is 15.0. The Labute approximate surface area is 187 Å². The third-order valence-corrected chi connectivity index (χ3v) is 5.49. The highest BCUT2D eigenvalue weighted by molar-refractivity contribution is 7.98. The molecule has 1 aliphatic rings. The number of aryl methyl sites for hydroxylation is 2. The van der Waals surface area contributed by atoms with Crippen molar-refractivity contribution in [1.29, 1.82) is 5.26 Å². The van der Waals surface area contributed by atoms with Crippen LogP contribution in [0.3, 0.4) is 0 Å². The second-order valence-corrected chi connectivity index (χ2v) is 9.00. The van der Waals surface area contributed by atoms with Crippen LogP contribution in [0.2, 0.25) is 0 Å². The lowest BCUT2D eigenvalue weighted by molar-refractivity contribution is 0.000294. The highest BCUT2D eigenvalue weighted by atomic mass is 32.2. The minimum absolute atomic E-state index is 0.276. The van der Waals surface area contributed by atoms with Crippen LogP contribution in [0.25, 0.3) is 0 Å². The lowest BCUT2D eigenvalue weighted by Crippen LogP contribution is -2.24. The van der Waals surface area contributed by atoms with Gasteiger partial charge in [0.15, 0.2) is 0 Å². The van der Waals surface area contributed by atoms with Gasteiger partial charge in [0, 0.05) is 11.1 Å². The molecule has 31 heavy (non-hydrogen) atoms. The van der Waals surface area contributed by atoms with Crippen molar-refractivity contribution in [2.75, 3.05) is 19.5 Å². The van der Waals surface area contributed by atoms with Crippen molar-refractivity contribution in [3.63, 3.8) is 0 Å². The highest BCUT2D eigenvalue weighted by Crippen LogP contribution is 2.22. The molecule has 2 heterocycles. The molecular weight excluding hydrogens is 410 g/mol. The monoisotopic (exact) mass is 437 g/mol. The quantitative estimate of drug-likeness (QED) is 0.343. The zero-order chi connectivity index (χ0) is 22.3. The predicted octanol–water partition coefficient (Wildman–Crippen LogP) is 4.51. The summed E-state index contributed by atoms with van der Waals surface area (Å²) >= 11 is 1.43. The van der Waals surface area contributed by atoms with Gasteiger partial charge in [-0.2, -0.15) is 5.26 Å². The van der Waals surface area contributed by atoms with Crippen LogP contribution in [0.15, 0.2) is 39.6 Å². The minimum atomic E-state index is -0.276. The van der Waals surface area contributed by atoms with Gasteiger partial charge in [0.2, 0.25) is 0 Å². The van der Waals surface area contributed by atoms with Crippen molar-refractivity contribution >= 4 is 23.7 Å². The fourth-order valence-electron chi connectivity index (χ4n) is 3.09. The number of fused-ring (bicyclic) bond motifs is 1. The van der Waals surface area contributed by atoms with E-state index in [1.165, 1.54) is 17.3 Å². The van der Waals surface area contributed by atoms with Crippen LogP contribution in [0, 0.1) is 23.7 Å². The van der Waals surface area contributed by atoms with Crippen LogP contribution in [0.1, 0.15) is 54.9 Å². The summed E-state index contributed by atoms with van der Waals surface area (Å²) < 4.78 is 0. The summed E-state index contributed by atoms with van der Waals surface area (Å²) in [5, 5.41) is 18.1. The smallest absolute Gasteiger partial charge is 0.125 e. The predicted molar refractivity (Wildman–Crippen MR) is 122 cm³/mol. The fraction of sp³-hybridized carbons (Fsp3) is 0.435. The van der Waals surface area contributed by atoms with Crippen LogP contribution >= 0.6 is 11.8 Å². The maximum absolute atomic E-state index is 9.07. The standard InChI is InChI=1S/C23H27N5O2S/c1-16-8-9-17-6-5-7-20(21(17)26-16)28-30-15-23(2,3)14-29-25-13-19-11-10-18(12-24)22(27-19)31-4/h8-11,13H,5-7,14-15H2,1-4H3. The van der Waals surface area contributed by atoms with Crippen LogP contribution in [-0.4, -0.2) is 41.4 Å². The summed E-state index contributed by atoms with van der Waals surface area (Å²) in [5.74, 6) is 0. The minimum Gasteiger partial charge on any atom is -0.395 e.